The summed E-state index contributed by atoms with van der Waals surface area (Å²) in [5, 5.41) is 0. The Balaban J connectivity index is 1.93. The molecule has 1 aromatic heterocycles. The van der Waals surface area contributed by atoms with Gasteiger partial charge in [-0.1, -0.05) is 13.8 Å². The highest BCUT2D eigenvalue weighted by Crippen LogP contribution is 2.28. The van der Waals surface area contributed by atoms with Gasteiger partial charge in [-0.05, 0) is 18.3 Å². The Morgan fingerprint density at radius 1 is 1.28 bits per heavy atom. The van der Waals surface area contributed by atoms with Gasteiger partial charge in [-0.25, -0.2) is 4.98 Å². The number of thioether (sulfide) groups is 1. The van der Waals surface area contributed by atoms with E-state index >= 15 is 0 Å². The lowest BCUT2D eigenvalue weighted by molar-refractivity contribution is 0.353. The number of aromatic amines is 1. The van der Waals surface area contributed by atoms with Gasteiger partial charge in [-0.2, -0.15) is 11.8 Å². The fourth-order valence-corrected chi connectivity index (χ4v) is 4.07. The van der Waals surface area contributed by atoms with Crippen molar-refractivity contribution in [3.63, 3.8) is 0 Å². The third-order valence-electron chi connectivity index (χ3n) is 3.74. The van der Waals surface area contributed by atoms with Crippen LogP contribution >= 0.6 is 11.8 Å². The summed E-state index contributed by atoms with van der Waals surface area (Å²) in [6.07, 6.45) is 1.27. The first-order chi connectivity index (χ1) is 8.63. The molecular weight excluding hydrogens is 246 g/mol. The van der Waals surface area contributed by atoms with Crippen LogP contribution in [0.4, 0.5) is 5.95 Å². The highest BCUT2D eigenvalue weighted by Gasteiger charge is 2.25. The third-order valence-corrected chi connectivity index (χ3v) is 4.71. The lowest BCUT2D eigenvalue weighted by atomic mass is 9.92. The van der Waals surface area contributed by atoms with Crippen LogP contribution in [0.25, 0.3) is 0 Å². The van der Waals surface area contributed by atoms with E-state index in [-0.39, 0.29) is 5.56 Å². The molecule has 0 radical (unpaired) electrons. The summed E-state index contributed by atoms with van der Waals surface area (Å²) < 4.78 is 0. The molecule has 3 heterocycles. The van der Waals surface area contributed by atoms with Crippen LogP contribution in [0.2, 0.25) is 0 Å². The zero-order valence-corrected chi connectivity index (χ0v) is 11.7. The summed E-state index contributed by atoms with van der Waals surface area (Å²) in [6, 6.07) is 0. The van der Waals surface area contributed by atoms with Crippen LogP contribution in [0.5, 0.6) is 0 Å². The number of hydrogen-bond acceptors (Lipinski definition) is 4. The van der Waals surface area contributed by atoms with Crippen molar-refractivity contribution >= 4 is 17.7 Å². The molecule has 1 N–H and O–H groups in total. The first-order valence-electron chi connectivity index (χ1n) is 6.58. The second-order valence-electron chi connectivity index (χ2n) is 5.66. The van der Waals surface area contributed by atoms with Crippen LogP contribution in [0, 0.1) is 11.8 Å². The number of nitrogens with one attached hydrogen (secondary N) is 1. The van der Waals surface area contributed by atoms with E-state index in [4.69, 9.17) is 0 Å². The maximum Gasteiger partial charge on any atom is 0.256 e. The minimum absolute atomic E-state index is 0.0610. The second-order valence-corrected chi connectivity index (χ2v) is 6.64. The van der Waals surface area contributed by atoms with Crippen molar-refractivity contribution in [2.75, 3.05) is 18.0 Å². The van der Waals surface area contributed by atoms with E-state index in [1.165, 1.54) is 6.42 Å². The van der Waals surface area contributed by atoms with Crippen LogP contribution in [-0.4, -0.2) is 23.1 Å². The van der Waals surface area contributed by atoms with Crippen LogP contribution in [0.3, 0.4) is 0 Å². The van der Waals surface area contributed by atoms with Gasteiger partial charge < -0.3 is 4.90 Å². The summed E-state index contributed by atoms with van der Waals surface area (Å²) >= 11 is 1.77. The fourth-order valence-electron chi connectivity index (χ4n) is 3.03. The van der Waals surface area contributed by atoms with Gasteiger partial charge >= 0.3 is 0 Å². The Bertz CT molecular complexity index is 503. The fraction of sp³-hybridized carbons (Fsp3) is 0.692. The normalized spacial score (nSPS) is 27.3. The van der Waals surface area contributed by atoms with E-state index in [1.807, 2.05) is 0 Å². The number of anilines is 1. The third kappa shape index (κ3) is 2.16. The van der Waals surface area contributed by atoms with Gasteiger partial charge in [0, 0.05) is 30.2 Å². The Morgan fingerprint density at radius 2 is 2.00 bits per heavy atom. The molecule has 0 aromatic carbocycles. The molecule has 1 fully saturated rings. The van der Waals surface area contributed by atoms with E-state index in [0.29, 0.717) is 11.8 Å². The first-order valence-corrected chi connectivity index (χ1v) is 7.73. The number of rotatable bonds is 1. The van der Waals surface area contributed by atoms with Gasteiger partial charge in [0.1, 0.15) is 0 Å². The van der Waals surface area contributed by atoms with Crippen LogP contribution < -0.4 is 10.5 Å². The van der Waals surface area contributed by atoms with E-state index in [0.717, 1.165) is 41.8 Å². The van der Waals surface area contributed by atoms with Crippen molar-refractivity contribution in [2.24, 2.45) is 11.8 Å². The highest BCUT2D eigenvalue weighted by atomic mass is 32.2. The van der Waals surface area contributed by atoms with Gasteiger partial charge in [-0.15, -0.1) is 0 Å². The van der Waals surface area contributed by atoms with Crippen molar-refractivity contribution in [1.29, 1.82) is 0 Å². The molecule has 1 saturated heterocycles. The quantitative estimate of drug-likeness (QED) is 0.844. The molecule has 0 amide bonds. The van der Waals surface area contributed by atoms with E-state index in [2.05, 4.69) is 28.7 Å². The summed E-state index contributed by atoms with van der Waals surface area (Å²) in [6.45, 7) is 6.53. The highest BCUT2D eigenvalue weighted by molar-refractivity contribution is 7.98. The molecule has 1 aromatic rings. The van der Waals surface area contributed by atoms with Gasteiger partial charge in [0.25, 0.3) is 5.56 Å². The predicted molar refractivity (Wildman–Crippen MR) is 75.0 cm³/mol. The second kappa shape index (κ2) is 4.61. The zero-order valence-electron chi connectivity index (χ0n) is 10.9. The van der Waals surface area contributed by atoms with Crippen molar-refractivity contribution in [3.8, 4) is 0 Å². The molecule has 0 aliphatic carbocycles. The molecule has 98 valence electrons. The number of nitrogens with zero attached hydrogens (tertiary/aromatic N) is 2. The summed E-state index contributed by atoms with van der Waals surface area (Å²) in [4.78, 5) is 21.9. The summed E-state index contributed by atoms with van der Waals surface area (Å²) in [7, 11) is 0. The Labute approximate surface area is 111 Å². The largest absolute Gasteiger partial charge is 0.342 e. The lowest BCUT2D eigenvalue weighted by Crippen LogP contribution is -2.40. The van der Waals surface area contributed by atoms with E-state index in [9.17, 15) is 4.79 Å². The molecular formula is C13H19N3OS. The molecule has 18 heavy (non-hydrogen) atoms. The topological polar surface area (TPSA) is 49.0 Å². The van der Waals surface area contributed by atoms with Gasteiger partial charge in [0.15, 0.2) is 0 Å². The molecule has 2 unspecified atom stereocenters. The van der Waals surface area contributed by atoms with Crippen LogP contribution in [0.15, 0.2) is 4.79 Å². The smallest absolute Gasteiger partial charge is 0.256 e. The zero-order chi connectivity index (χ0) is 12.7. The molecule has 0 bridgehead atoms. The van der Waals surface area contributed by atoms with Crippen LogP contribution in [-0.2, 0) is 11.5 Å². The maximum atomic E-state index is 12.0. The molecule has 5 heteroatoms. The minimum Gasteiger partial charge on any atom is -0.342 e. The molecule has 2 aliphatic rings. The SMILES string of the molecule is CC1CC(C)CN(c2nc3c(c(=O)[nH]2)CSC3)C1. The van der Waals surface area contributed by atoms with Crippen molar-refractivity contribution < 1.29 is 0 Å². The summed E-state index contributed by atoms with van der Waals surface area (Å²) in [5.41, 5.74) is 1.93. The van der Waals surface area contributed by atoms with E-state index in [1.54, 1.807) is 11.8 Å². The number of fused-ring (bicyclic) bond motifs is 1. The molecule has 0 saturated carbocycles. The van der Waals surface area contributed by atoms with Crippen molar-refractivity contribution in [1.82, 2.24) is 9.97 Å². The number of H-pyrrole nitrogens is 1. The summed E-state index contributed by atoms with van der Waals surface area (Å²) in [5.74, 6) is 3.80. The minimum atomic E-state index is 0.0610. The van der Waals surface area contributed by atoms with E-state index < -0.39 is 0 Å². The monoisotopic (exact) mass is 265 g/mol. The molecule has 0 spiro atoms. The van der Waals surface area contributed by atoms with Gasteiger partial charge in [0.05, 0.1) is 5.69 Å². The predicted octanol–water partition coefficient (Wildman–Crippen LogP) is 2.00. The Hall–Kier alpha value is -0.970. The average Bonchev–Trinajstić information content (AvgIpc) is 2.76. The van der Waals surface area contributed by atoms with Crippen molar-refractivity contribution in [2.45, 2.75) is 31.8 Å². The Morgan fingerprint density at radius 3 is 2.72 bits per heavy atom. The maximum absolute atomic E-state index is 12.0. The van der Waals surface area contributed by atoms with Crippen molar-refractivity contribution in [3.05, 3.63) is 21.6 Å². The number of piperidine rings is 1. The standard InChI is InChI=1S/C13H19N3OS/c1-8-3-9(2)5-16(4-8)13-14-11-7-18-6-10(11)12(17)15-13/h8-9H,3-7H2,1-2H3,(H,14,15,17). The lowest BCUT2D eigenvalue weighted by Gasteiger charge is -2.35. The first kappa shape index (κ1) is 12.1. The Kier molecular flexibility index (Phi) is 3.09. The van der Waals surface area contributed by atoms with Gasteiger partial charge in [-0.3, -0.25) is 9.78 Å². The molecule has 2 atom stereocenters. The molecule has 4 nitrogen and oxygen atoms in total. The number of aromatic nitrogens is 2. The molecule has 3 rings (SSSR count). The van der Waals surface area contributed by atoms with Gasteiger partial charge in [0.2, 0.25) is 5.95 Å². The molecule has 2 aliphatic heterocycles. The number of hydrogen-bond donors (Lipinski definition) is 1. The average molecular weight is 265 g/mol. The van der Waals surface area contributed by atoms with Crippen LogP contribution in [0.1, 0.15) is 31.5 Å².